The summed E-state index contributed by atoms with van der Waals surface area (Å²) in [6, 6.07) is 0. The molecule has 13 heavy (non-hydrogen) atoms. The minimum Gasteiger partial charge on any atom is -0.396 e. The lowest BCUT2D eigenvalue weighted by molar-refractivity contribution is 0.158. The van der Waals surface area contributed by atoms with Gasteiger partial charge in [-0.25, -0.2) is 0 Å². The van der Waals surface area contributed by atoms with Crippen molar-refractivity contribution < 1.29 is 5.11 Å². The molecule has 1 aliphatic heterocycles. The van der Waals surface area contributed by atoms with Crippen LogP contribution in [0.3, 0.4) is 0 Å². The summed E-state index contributed by atoms with van der Waals surface area (Å²) in [6.07, 6.45) is 4.62. The fraction of sp³-hybridized carbons (Fsp3) is 1.00. The third kappa shape index (κ3) is 4.07. The molecule has 0 spiro atoms. The van der Waals surface area contributed by atoms with Crippen molar-refractivity contribution >= 4 is 0 Å². The van der Waals surface area contributed by atoms with E-state index in [9.17, 15) is 0 Å². The topological polar surface area (TPSA) is 49.5 Å². The Morgan fingerprint density at radius 1 is 1.31 bits per heavy atom. The molecule has 0 aliphatic carbocycles. The van der Waals surface area contributed by atoms with Crippen LogP contribution in [-0.4, -0.2) is 42.8 Å². The van der Waals surface area contributed by atoms with Gasteiger partial charge in [-0.1, -0.05) is 0 Å². The Kier molecular flexibility index (Phi) is 5.35. The summed E-state index contributed by atoms with van der Waals surface area (Å²) in [4.78, 5) is 2.49. The Morgan fingerprint density at radius 2 is 2.00 bits per heavy atom. The second-order valence-electron chi connectivity index (χ2n) is 3.94. The molecule has 1 aliphatic rings. The number of hydrogen-bond acceptors (Lipinski definition) is 3. The Hall–Kier alpha value is -0.120. The van der Waals surface area contributed by atoms with Crippen LogP contribution in [0.5, 0.6) is 0 Å². The number of hydrogen-bond donors (Lipinski definition) is 2. The van der Waals surface area contributed by atoms with Gasteiger partial charge in [0.25, 0.3) is 0 Å². The molecule has 3 heteroatoms. The van der Waals surface area contributed by atoms with E-state index in [1.807, 2.05) is 0 Å². The molecule has 0 bridgehead atoms. The first kappa shape index (κ1) is 11.0. The van der Waals surface area contributed by atoms with E-state index < -0.39 is 0 Å². The van der Waals surface area contributed by atoms with E-state index >= 15 is 0 Å². The van der Waals surface area contributed by atoms with Crippen molar-refractivity contribution in [3.63, 3.8) is 0 Å². The zero-order valence-corrected chi connectivity index (χ0v) is 8.41. The molecule has 0 saturated carbocycles. The van der Waals surface area contributed by atoms with Crippen molar-refractivity contribution in [2.45, 2.75) is 25.7 Å². The van der Waals surface area contributed by atoms with Gasteiger partial charge in [-0.3, -0.25) is 0 Å². The number of likely N-dealkylation sites (tertiary alicyclic amines) is 1. The maximum Gasteiger partial charge on any atom is 0.0433 e. The summed E-state index contributed by atoms with van der Waals surface area (Å²) in [5.41, 5.74) is 5.46. The highest BCUT2D eigenvalue weighted by Crippen LogP contribution is 2.19. The molecule has 0 unspecified atom stereocenters. The van der Waals surface area contributed by atoms with Crippen LogP contribution in [0, 0.1) is 5.92 Å². The van der Waals surface area contributed by atoms with E-state index in [4.69, 9.17) is 10.8 Å². The smallest absolute Gasteiger partial charge is 0.0433 e. The monoisotopic (exact) mass is 186 g/mol. The molecule has 0 aromatic heterocycles. The highest BCUT2D eigenvalue weighted by Gasteiger charge is 2.17. The fourth-order valence-corrected chi connectivity index (χ4v) is 2.00. The van der Waals surface area contributed by atoms with Crippen molar-refractivity contribution in [1.29, 1.82) is 0 Å². The quantitative estimate of drug-likeness (QED) is 0.654. The van der Waals surface area contributed by atoms with Crippen LogP contribution in [0.2, 0.25) is 0 Å². The van der Waals surface area contributed by atoms with E-state index in [1.54, 1.807) is 0 Å². The normalized spacial score (nSPS) is 20.8. The van der Waals surface area contributed by atoms with E-state index in [-0.39, 0.29) is 0 Å². The first-order valence-corrected chi connectivity index (χ1v) is 5.40. The summed E-state index contributed by atoms with van der Waals surface area (Å²) in [7, 11) is 0. The molecule has 3 nitrogen and oxygen atoms in total. The molecule has 0 aromatic carbocycles. The largest absolute Gasteiger partial charge is 0.396 e. The third-order valence-corrected chi connectivity index (χ3v) is 2.92. The van der Waals surface area contributed by atoms with Crippen LogP contribution in [0.4, 0.5) is 0 Å². The van der Waals surface area contributed by atoms with E-state index in [2.05, 4.69) is 4.90 Å². The SMILES string of the molecule is NCCCN1CCC(CCO)CC1. The molecule has 1 fully saturated rings. The van der Waals surface area contributed by atoms with Gasteiger partial charge in [-0.15, -0.1) is 0 Å². The predicted octanol–water partition coefficient (Wildman–Crippen LogP) is 0.430. The summed E-state index contributed by atoms with van der Waals surface area (Å²) < 4.78 is 0. The molecular weight excluding hydrogens is 164 g/mol. The minimum absolute atomic E-state index is 0.355. The van der Waals surface area contributed by atoms with Crippen LogP contribution in [-0.2, 0) is 0 Å². The molecule has 1 heterocycles. The van der Waals surface area contributed by atoms with Gasteiger partial charge in [-0.2, -0.15) is 0 Å². The van der Waals surface area contributed by atoms with Gasteiger partial charge in [0.15, 0.2) is 0 Å². The highest BCUT2D eigenvalue weighted by molar-refractivity contribution is 4.71. The van der Waals surface area contributed by atoms with Gasteiger partial charge in [0.05, 0.1) is 0 Å². The number of rotatable bonds is 5. The number of piperidine rings is 1. The average Bonchev–Trinajstić information content (AvgIpc) is 2.17. The number of nitrogens with two attached hydrogens (primary N) is 1. The fourth-order valence-electron chi connectivity index (χ4n) is 2.00. The van der Waals surface area contributed by atoms with Crippen molar-refractivity contribution in [3.8, 4) is 0 Å². The minimum atomic E-state index is 0.355. The molecule has 0 radical (unpaired) electrons. The van der Waals surface area contributed by atoms with Crippen LogP contribution in [0.25, 0.3) is 0 Å². The Bertz CT molecular complexity index is 122. The second-order valence-corrected chi connectivity index (χ2v) is 3.94. The van der Waals surface area contributed by atoms with Gasteiger partial charge >= 0.3 is 0 Å². The van der Waals surface area contributed by atoms with Gasteiger partial charge in [0.1, 0.15) is 0 Å². The Balaban J connectivity index is 2.08. The van der Waals surface area contributed by atoms with Gasteiger partial charge in [0, 0.05) is 6.61 Å². The van der Waals surface area contributed by atoms with Crippen molar-refractivity contribution in [2.75, 3.05) is 32.8 Å². The van der Waals surface area contributed by atoms with Crippen molar-refractivity contribution in [3.05, 3.63) is 0 Å². The zero-order chi connectivity index (χ0) is 9.52. The molecule has 3 N–H and O–H groups in total. The molecule has 0 aromatic rings. The third-order valence-electron chi connectivity index (χ3n) is 2.92. The average molecular weight is 186 g/mol. The summed E-state index contributed by atoms with van der Waals surface area (Å²) in [6.45, 7) is 4.71. The van der Waals surface area contributed by atoms with Crippen LogP contribution < -0.4 is 5.73 Å². The van der Waals surface area contributed by atoms with E-state index in [0.29, 0.717) is 6.61 Å². The second kappa shape index (κ2) is 6.35. The lowest BCUT2D eigenvalue weighted by atomic mass is 9.94. The van der Waals surface area contributed by atoms with Crippen LogP contribution >= 0.6 is 0 Å². The molecule has 0 amide bonds. The van der Waals surface area contributed by atoms with Crippen molar-refractivity contribution in [1.82, 2.24) is 4.90 Å². The summed E-state index contributed by atoms with van der Waals surface area (Å²) >= 11 is 0. The molecule has 1 rings (SSSR count). The molecule has 0 atom stereocenters. The maximum atomic E-state index is 8.80. The van der Waals surface area contributed by atoms with Gasteiger partial charge < -0.3 is 15.7 Å². The van der Waals surface area contributed by atoms with Crippen LogP contribution in [0.15, 0.2) is 0 Å². The number of nitrogens with zero attached hydrogens (tertiary/aromatic N) is 1. The summed E-state index contributed by atoms with van der Waals surface area (Å²) in [5.74, 6) is 0.763. The predicted molar refractivity (Wildman–Crippen MR) is 54.5 cm³/mol. The van der Waals surface area contributed by atoms with E-state index in [0.717, 1.165) is 31.8 Å². The molecular formula is C10H22N2O. The zero-order valence-electron chi connectivity index (χ0n) is 8.41. The van der Waals surface area contributed by atoms with Gasteiger partial charge in [0.2, 0.25) is 0 Å². The standard InChI is InChI=1S/C10H22N2O/c11-5-1-6-12-7-2-10(3-8-12)4-9-13/h10,13H,1-9,11H2. The Morgan fingerprint density at radius 3 is 2.54 bits per heavy atom. The van der Waals surface area contributed by atoms with Crippen LogP contribution in [0.1, 0.15) is 25.7 Å². The van der Waals surface area contributed by atoms with Gasteiger partial charge in [-0.05, 0) is 57.8 Å². The number of aliphatic hydroxyl groups is 1. The van der Waals surface area contributed by atoms with E-state index in [1.165, 1.54) is 25.9 Å². The lowest BCUT2D eigenvalue weighted by Crippen LogP contribution is -2.35. The molecule has 1 saturated heterocycles. The summed E-state index contributed by atoms with van der Waals surface area (Å²) in [5, 5.41) is 8.80. The maximum absolute atomic E-state index is 8.80. The lowest BCUT2D eigenvalue weighted by Gasteiger charge is -2.31. The first-order valence-electron chi connectivity index (χ1n) is 5.40. The van der Waals surface area contributed by atoms with Crippen molar-refractivity contribution in [2.24, 2.45) is 11.7 Å². The molecule has 78 valence electrons. The first-order chi connectivity index (χ1) is 6.36. The number of aliphatic hydroxyl groups excluding tert-OH is 1. The Labute approximate surface area is 80.9 Å². The highest BCUT2D eigenvalue weighted by atomic mass is 16.3.